The van der Waals surface area contributed by atoms with Crippen LogP contribution in [-0.4, -0.2) is 0 Å². The van der Waals surface area contributed by atoms with E-state index in [2.05, 4.69) is 30.4 Å². The van der Waals surface area contributed by atoms with Crippen LogP contribution in [0.1, 0.15) is 26.2 Å². The first-order valence-corrected chi connectivity index (χ1v) is 7.97. The van der Waals surface area contributed by atoms with Gasteiger partial charge in [0.25, 0.3) is 0 Å². The molecular formula is C10H20Cl3Ti. The molecule has 85 valence electrons. The zero-order chi connectivity index (χ0) is 8.10. The third-order valence-electron chi connectivity index (χ3n) is 2.22. The fourth-order valence-corrected chi connectivity index (χ4v) is 4.57. The van der Waals surface area contributed by atoms with Crippen LogP contribution in [0.4, 0.5) is 0 Å². The number of rotatable bonds is 4. The van der Waals surface area contributed by atoms with Crippen molar-refractivity contribution < 1.29 is 17.9 Å². The molecule has 0 spiro atoms. The number of hydrogen-bond donors (Lipinski definition) is 0. The Hall–Kier alpha value is 1.06. The number of halogens is 3. The molecule has 0 heterocycles. The van der Waals surface area contributed by atoms with Crippen molar-refractivity contribution >= 4 is 37.2 Å². The molecule has 0 saturated heterocycles. The van der Waals surface area contributed by atoms with Crippen LogP contribution >= 0.6 is 37.2 Å². The fraction of sp³-hybridized carbons (Fsp3) is 0.600. The van der Waals surface area contributed by atoms with Gasteiger partial charge in [0.2, 0.25) is 0 Å². The van der Waals surface area contributed by atoms with E-state index in [1.54, 1.807) is 3.88 Å². The van der Waals surface area contributed by atoms with E-state index in [9.17, 15) is 0 Å². The molecule has 0 saturated carbocycles. The van der Waals surface area contributed by atoms with Crippen molar-refractivity contribution in [2.75, 3.05) is 0 Å². The van der Waals surface area contributed by atoms with Crippen LogP contribution in [-0.2, 0) is 17.9 Å². The van der Waals surface area contributed by atoms with Crippen LogP contribution in [0.2, 0.25) is 9.95 Å². The maximum absolute atomic E-state index is 2.51. The van der Waals surface area contributed by atoms with Crippen LogP contribution in [0.5, 0.6) is 0 Å². The monoisotopic (exact) mass is 293 g/mol. The van der Waals surface area contributed by atoms with E-state index in [0.29, 0.717) is 0 Å². The van der Waals surface area contributed by atoms with E-state index >= 15 is 0 Å². The van der Waals surface area contributed by atoms with Crippen LogP contribution < -0.4 is 0 Å². The van der Waals surface area contributed by atoms with Crippen molar-refractivity contribution in [1.82, 2.24) is 0 Å². The molecule has 0 atom stereocenters. The Bertz CT molecular complexity index is 178. The van der Waals surface area contributed by atoms with Gasteiger partial charge in [0.15, 0.2) is 0 Å². The largest absolute Gasteiger partial charge is 0.147 e. The van der Waals surface area contributed by atoms with Gasteiger partial charge in [0, 0.05) is 0 Å². The minimum absolute atomic E-state index is 0. The average molecular weight is 294 g/mol. The van der Waals surface area contributed by atoms with Crippen LogP contribution in [0.3, 0.4) is 0 Å². The van der Waals surface area contributed by atoms with Crippen molar-refractivity contribution in [2.45, 2.75) is 36.1 Å². The zero-order valence-electron chi connectivity index (χ0n) is 8.79. The van der Waals surface area contributed by atoms with E-state index in [-0.39, 0.29) is 37.2 Å². The summed E-state index contributed by atoms with van der Waals surface area (Å²) in [5.41, 5.74) is 0. The molecule has 0 radical (unpaired) electrons. The van der Waals surface area contributed by atoms with Crippen LogP contribution in [0.15, 0.2) is 22.1 Å². The number of unbranched alkanes of at least 4 members (excludes halogenated alkanes) is 1. The van der Waals surface area contributed by atoms with Crippen LogP contribution in [0.25, 0.3) is 0 Å². The second-order valence-electron chi connectivity index (χ2n) is 3.21. The van der Waals surface area contributed by atoms with Gasteiger partial charge in [-0.25, -0.2) is 0 Å². The number of allylic oxidation sites excluding steroid dienone is 4. The maximum atomic E-state index is 2.51. The van der Waals surface area contributed by atoms with Gasteiger partial charge in [-0.3, -0.25) is 0 Å². The first-order chi connectivity index (χ1) is 5.34. The second-order valence-corrected chi connectivity index (χ2v) is 7.43. The molecule has 1 aliphatic rings. The molecule has 0 bridgehead atoms. The summed E-state index contributed by atoms with van der Waals surface area (Å²) in [7, 11) is 0. The fourth-order valence-electron chi connectivity index (χ4n) is 1.37. The molecule has 14 heavy (non-hydrogen) atoms. The van der Waals surface area contributed by atoms with Gasteiger partial charge in [0.1, 0.15) is 0 Å². The predicted molar refractivity (Wildman–Crippen MR) is 69.2 cm³/mol. The minimum atomic E-state index is -0.730. The standard InChI is InChI=1S/C5H5.C4H9.CH3.3ClH.Ti/c1-2-4-5-3-1;1-3-4-2;;;;;/h1-3H,4H2;1,3-4H2,2H3;1H3;3*1H;. The molecule has 0 aromatic heterocycles. The molecule has 0 aromatic carbocycles. The number of hydrogen-bond acceptors (Lipinski definition) is 0. The molecule has 1 rings (SSSR count). The predicted octanol–water partition coefficient (Wildman–Crippen LogP) is 4.98. The Morgan fingerprint density at radius 2 is 1.93 bits per heavy atom. The van der Waals surface area contributed by atoms with Gasteiger partial charge in [-0.1, -0.05) is 0 Å². The third kappa shape index (κ3) is 7.37. The Morgan fingerprint density at radius 3 is 2.36 bits per heavy atom. The van der Waals surface area contributed by atoms with Gasteiger partial charge in [0.05, 0.1) is 0 Å². The molecule has 0 aromatic rings. The molecule has 0 unspecified atom stereocenters. The maximum Gasteiger partial charge on any atom is -0.147 e. The molecule has 0 N–H and O–H groups in total. The molecular weight excluding hydrogens is 274 g/mol. The van der Waals surface area contributed by atoms with Gasteiger partial charge in [-0.2, -0.15) is 0 Å². The molecule has 1 aliphatic carbocycles. The summed E-state index contributed by atoms with van der Waals surface area (Å²) < 4.78 is 3.32. The van der Waals surface area contributed by atoms with Gasteiger partial charge in [-0.15, -0.1) is 37.2 Å². The summed E-state index contributed by atoms with van der Waals surface area (Å²) in [6, 6.07) is 0. The van der Waals surface area contributed by atoms with Crippen molar-refractivity contribution in [1.29, 1.82) is 0 Å². The second kappa shape index (κ2) is 12.1. The molecule has 0 fully saturated rings. The summed E-state index contributed by atoms with van der Waals surface area (Å²) in [4.78, 5) is 0. The topological polar surface area (TPSA) is 0 Å². The third-order valence-corrected chi connectivity index (χ3v) is 6.24. The SMILES string of the molecule is CCC[CH2][Ti]([CH3])[C]1=CC=CC1.Cl.Cl.Cl. The average Bonchev–Trinajstić information content (AvgIpc) is 2.52. The van der Waals surface area contributed by atoms with Gasteiger partial charge < -0.3 is 0 Å². The van der Waals surface area contributed by atoms with Gasteiger partial charge >= 0.3 is 76.1 Å². The van der Waals surface area contributed by atoms with Gasteiger partial charge in [-0.05, 0) is 0 Å². The van der Waals surface area contributed by atoms with Crippen molar-refractivity contribution in [3.05, 3.63) is 22.1 Å². The first kappa shape index (κ1) is 20.5. The first-order valence-electron chi connectivity index (χ1n) is 4.53. The molecule has 0 amide bonds. The quantitative estimate of drug-likeness (QED) is 0.641. The minimum Gasteiger partial charge on any atom is -0.147 e. The summed E-state index contributed by atoms with van der Waals surface area (Å²) in [5, 5.41) is 2.51. The normalized spacial score (nSPS) is 12.0. The summed E-state index contributed by atoms with van der Waals surface area (Å²) in [6.07, 6.45) is 10.9. The van der Waals surface area contributed by atoms with E-state index in [1.807, 2.05) is 0 Å². The van der Waals surface area contributed by atoms with E-state index in [1.165, 1.54) is 24.0 Å². The molecule has 4 heteroatoms. The van der Waals surface area contributed by atoms with Crippen LogP contribution in [0, 0.1) is 0 Å². The smallest absolute Gasteiger partial charge is 0.147 e. The summed E-state index contributed by atoms with van der Waals surface area (Å²) in [6.45, 7) is 2.28. The Balaban J connectivity index is -0.000000403. The van der Waals surface area contributed by atoms with E-state index in [4.69, 9.17) is 0 Å². The van der Waals surface area contributed by atoms with Crippen molar-refractivity contribution in [2.24, 2.45) is 0 Å². The molecule has 0 nitrogen and oxygen atoms in total. The van der Waals surface area contributed by atoms with E-state index in [0.717, 1.165) is 0 Å². The van der Waals surface area contributed by atoms with Crippen molar-refractivity contribution in [3.63, 3.8) is 0 Å². The zero-order valence-corrected chi connectivity index (χ0v) is 12.8. The van der Waals surface area contributed by atoms with E-state index < -0.39 is 17.9 Å². The Kier molecular flexibility index (Phi) is 17.7. The Morgan fingerprint density at radius 1 is 1.29 bits per heavy atom. The summed E-state index contributed by atoms with van der Waals surface area (Å²) in [5.74, 6) is 0. The molecule has 0 aliphatic heterocycles. The van der Waals surface area contributed by atoms with Crippen molar-refractivity contribution in [3.8, 4) is 0 Å². The Labute approximate surface area is 113 Å². The summed E-state index contributed by atoms with van der Waals surface area (Å²) >= 11 is -0.730.